The van der Waals surface area contributed by atoms with Gasteiger partial charge in [-0.25, -0.2) is 18.1 Å². The van der Waals surface area contributed by atoms with Crippen molar-refractivity contribution in [2.45, 2.75) is 38.6 Å². The number of hydrogen-bond acceptors (Lipinski definition) is 9. The quantitative estimate of drug-likeness (QED) is 0.138. The average Bonchev–Trinajstić information content (AvgIpc) is 3.58. The number of sulfonamides is 1. The Hall–Kier alpha value is -4.65. The molecule has 0 radical (unpaired) electrons. The van der Waals surface area contributed by atoms with Crippen LogP contribution in [0.2, 0.25) is 5.02 Å². The Morgan fingerprint density at radius 1 is 0.920 bits per heavy atom. The number of anilines is 2. The molecule has 1 aliphatic rings. The molecule has 11 nitrogen and oxygen atoms in total. The summed E-state index contributed by atoms with van der Waals surface area (Å²) in [5, 5.41) is 4.74. The third-order valence-electron chi connectivity index (χ3n) is 8.36. The Morgan fingerprint density at radius 3 is 2.38 bits per heavy atom. The van der Waals surface area contributed by atoms with Crippen molar-refractivity contribution in [1.82, 2.24) is 24.6 Å². The fourth-order valence-electron chi connectivity index (χ4n) is 5.67. The Morgan fingerprint density at radius 2 is 1.64 bits per heavy atom. The summed E-state index contributed by atoms with van der Waals surface area (Å²) in [5.74, 6) is 1.34. The molecule has 1 aliphatic heterocycles. The highest BCUT2D eigenvalue weighted by molar-refractivity contribution is 7.92. The summed E-state index contributed by atoms with van der Waals surface area (Å²) in [7, 11) is -2.04. The third-order valence-corrected chi connectivity index (χ3v) is 10.0. The van der Waals surface area contributed by atoms with Gasteiger partial charge < -0.3 is 19.3 Å². The lowest BCUT2D eigenvalue weighted by Crippen LogP contribution is -2.44. The van der Waals surface area contributed by atoms with E-state index in [1.807, 2.05) is 73.7 Å². The largest absolute Gasteiger partial charge is 0.493 e. The zero-order valence-electron chi connectivity index (χ0n) is 28.7. The number of para-hydroxylation sites is 1. The lowest BCUT2D eigenvalue weighted by atomic mass is 10.0. The van der Waals surface area contributed by atoms with Gasteiger partial charge in [0, 0.05) is 43.5 Å². The summed E-state index contributed by atoms with van der Waals surface area (Å²) in [5.41, 5.74) is 3.70. The monoisotopic (exact) mass is 715 g/mol. The molecule has 0 bridgehead atoms. The van der Waals surface area contributed by atoms with Gasteiger partial charge in [-0.3, -0.25) is 4.68 Å². The van der Waals surface area contributed by atoms with Crippen molar-refractivity contribution in [2.75, 3.05) is 49.5 Å². The van der Waals surface area contributed by atoms with Crippen molar-refractivity contribution in [2.24, 2.45) is 5.92 Å². The van der Waals surface area contributed by atoms with E-state index in [1.54, 1.807) is 10.7 Å². The van der Waals surface area contributed by atoms with Crippen LogP contribution in [0, 0.1) is 5.92 Å². The van der Waals surface area contributed by atoms with E-state index in [2.05, 4.69) is 45.5 Å². The molecule has 0 atom stereocenters. The number of halogens is 1. The molecule has 0 unspecified atom stereocenters. The first-order valence-corrected chi connectivity index (χ1v) is 18.6. The highest BCUT2D eigenvalue weighted by Crippen LogP contribution is 2.41. The molecule has 1 saturated heterocycles. The standard InChI is InChI=1S/C37H42ClN7O4S/c1-5-29-35(30-14-9-10-16-32(30)48-25-26(2)3)40-37(42-50(46,47)28-22-39-45(24-28)23-27-12-7-6-8-13-27)41-36(29)49-33-17-11-15-31(34(33)38)44-20-18-43(4)19-21-44/h6-17,22,24,26H,5,18-21,23,25H2,1-4H3,(H,40,41,42). The van der Waals surface area contributed by atoms with Crippen LogP contribution in [0.3, 0.4) is 0 Å². The molecule has 3 aromatic carbocycles. The molecule has 2 aromatic heterocycles. The minimum atomic E-state index is -4.14. The van der Waals surface area contributed by atoms with Crippen molar-refractivity contribution >= 4 is 33.3 Å². The van der Waals surface area contributed by atoms with Crippen molar-refractivity contribution < 1.29 is 17.9 Å². The lowest BCUT2D eigenvalue weighted by molar-refractivity contribution is 0.272. The van der Waals surface area contributed by atoms with Gasteiger partial charge in [0.1, 0.15) is 21.4 Å². The van der Waals surface area contributed by atoms with Crippen LogP contribution in [0.25, 0.3) is 11.3 Å². The molecule has 6 rings (SSSR count). The van der Waals surface area contributed by atoms with E-state index in [1.165, 1.54) is 12.4 Å². The third kappa shape index (κ3) is 8.20. The molecule has 13 heteroatoms. The molecular formula is C37H42ClN7O4S. The number of rotatable bonds is 13. The Kier molecular flexibility index (Phi) is 10.9. The number of hydrogen-bond donors (Lipinski definition) is 1. The van der Waals surface area contributed by atoms with E-state index in [4.69, 9.17) is 26.1 Å². The van der Waals surface area contributed by atoms with Crippen LogP contribution in [-0.2, 0) is 23.0 Å². The fourth-order valence-corrected chi connectivity index (χ4v) is 6.85. The van der Waals surface area contributed by atoms with Crippen LogP contribution in [-0.4, -0.2) is 72.9 Å². The van der Waals surface area contributed by atoms with Crippen LogP contribution in [0.4, 0.5) is 11.6 Å². The predicted octanol–water partition coefficient (Wildman–Crippen LogP) is 6.98. The van der Waals surface area contributed by atoms with Gasteiger partial charge in [0.2, 0.25) is 11.8 Å². The maximum atomic E-state index is 13.7. The molecule has 1 N–H and O–H groups in total. The maximum Gasteiger partial charge on any atom is 0.267 e. The van der Waals surface area contributed by atoms with Crippen molar-refractivity contribution in [1.29, 1.82) is 0 Å². The van der Waals surface area contributed by atoms with Gasteiger partial charge in [-0.1, -0.05) is 80.9 Å². The number of ether oxygens (including phenoxy) is 2. The lowest BCUT2D eigenvalue weighted by Gasteiger charge is -2.34. The van der Waals surface area contributed by atoms with E-state index in [-0.39, 0.29) is 22.6 Å². The van der Waals surface area contributed by atoms with Gasteiger partial charge in [0.25, 0.3) is 10.0 Å². The minimum Gasteiger partial charge on any atom is -0.493 e. The molecule has 5 aromatic rings. The Bertz CT molecular complexity index is 2030. The van der Waals surface area contributed by atoms with Crippen LogP contribution >= 0.6 is 11.6 Å². The summed E-state index contributed by atoms with van der Waals surface area (Å²) in [6.07, 6.45) is 3.27. The van der Waals surface area contributed by atoms with E-state index in [9.17, 15) is 8.42 Å². The molecular weight excluding hydrogens is 674 g/mol. The summed E-state index contributed by atoms with van der Waals surface area (Å²) in [4.78, 5) is 13.9. The highest BCUT2D eigenvalue weighted by atomic mass is 35.5. The second-order valence-electron chi connectivity index (χ2n) is 12.7. The fraction of sp³-hybridized carbons (Fsp3) is 0.324. The smallest absolute Gasteiger partial charge is 0.267 e. The molecule has 0 aliphatic carbocycles. The van der Waals surface area contributed by atoms with E-state index < -0.39 is 10.0 Å². The van der Waals surface area contributed by atoms with Gasteiger partial charge in [0.15, 0.2) is 0 Å². The number of nitrogens with one attached hydrogen (secondary N) is 1. The molecule has 1 fully saturated rings. The van der Waals surface area contributed by atoms with E-state index in [0.29, 0.717) is 52.9 Å². The van der Waals surface area contributed by atoms with Gasteiger partial charge >= 0.3 is 0 Å². The Labute approximate surface area is 298 Å². The van der Waals surface area contributed by atoms with Gasteiger partial charge in [0.05, 0.1) is 30.7 Å². The van der Waals surface area contributed by atoms with Crippen LogP contribution in [0.5, 0.6) is 17.4 Å². The van der Waals surface area contributed by atoms with Gasteiger partial charge in [-0.05, 0) is 49.2 Å². The summed E-state index contributed by atoms with van der Waals surface area (Å²) in [6, 6.07) is 22.9. The topological polar surface area (TPSA) is 115 Å². The zero-order valence-corrected chi connectivity index (χ0v) is 30.3. The number of nitrogens with zero attached hydrogens (tertiary/aromatic N) is 6. The second-order valence-corrected chi connectivity index (χ2v) is 14.7. The number of piperazine rings is 1. The number of likely N-dealkylation sites (N-methyl/N-ethyl adjacent to an activating group) is 1. The normalized spacial score (nSPS) is 13.8. The van der Waals surface area contributed by atoms with Crippen LogP contribution < -0.4 is 19.1 Å². The zero-order chi connectivity index (χ0) is 35.3. The molecule has 3 heterocycles. The summed E-state index contributed by atoms with van der Waals surface area (Å²) >= 11 is 7.00. The molecule has 262 valence electrons. The Balaban J connectivity index is 1.39. The second kappa shape index (κ2) is 15.5. The average molecular weight is 716 g/mol. The summed E-state index contributed by atoms with van der Waals surface area (Å²) < 4.78 is 44.3. The van der Waals surface area contributed by atoms with E-state index in [0.717, 1.165) is 37.4 Å². The van der Waals surface area contributed by atoms with Crippen LogP contribution in [0.1, 0.15) is 31.9 Å². The number of benzene rings is 3. The van der Waals surface area contributed by atoms with Crippen LogP contribution in [0.15, 0.2) is 90.1 Å². The van der Waals surface area contributed by atoms with Crippen molar-refractivity contribution in [3.63, 3.8) is 0 Å². The first-order chi connectivity index (χ1) is 24.1. The first-order valence-electron chi connectivity index (χ1n) is 16.7. The predicted molar refractivity (Wildman–Crippen MR) is 197 cm³/mol. The van der Waals surface area contributed by atoms with Crippen molar-refractivity contribution in [3.05, 3.63) is 101 Å². The van der Waals surface area contributed by atoms with E-state index >= 15 is 0 Å². The minimum absolute atomic E-state index is 0.0239. The van der Waals surface area contributed by atoms with Gasteiger partial charge in [-0.2, -0.15) is 10.1 Å². The summed E-state index contributed by atoms with van der Waals surface area (Å²) in [6.45, 7) is 10.5. The first kappa shape index (κ1) is 35.2. The number of aromatic nitrogens is 4. The highest BCUT2D eigenvalue weighted by Gasteiger charge is 2.25. The molecule has 0 saturated carbocycles. The molecule has 0 spiro atoms. The van der Waals surface area contributed by atoms with Crippen molar-refractivity contribution in [3.8, 4) is 28.6 Å². The van der Waals surface area contributed by atoms with Gasteiger partial charge in [-0.15, -0.1) is 0 Å². The molecule has 50 heavy (non-hydrogen) atoms. The maximum absolute atomic E-state index is 13.7. The SMILES string of the molecule is CCc1c(Oc2cccc(N3CCN(C)CC3)c2Cl)nc(NS(=O)(=O)c2cnn(Cc3ccccc3)c2)nc1-c1ccccc1OCC(C)C. The molecule has 0 amide bonds.